The van der Waals surface area contributed by atoms with Crippen LogP contribution in [0, 0.1) is 19.4 Å². The molecule has 3 rings (SSSR count). The Kier molecular flexibility index (Phi) is 9.31. The second-order valence-corrected chi connectivity index (χ2v) is 9.99. The molecule has 6 heteroatoms. The van der Waals surface area contributed by atoms with Gasteiger partial charge in [0.25, 0.3) is 0 Å². The number of hydrogen-bond donors (Lipinski definition) is 1. The summed E-state index contributed by atoms with van der Waals surface area (Å²) in [5, 5.41) is 3.00. The van der Waals surface area contributed by atoms with Crippen LogP contribution >= 0.6 is 0 Å². The number of hydrogen-bond acceptors (Lipinski definition) is 3. The van der Waals surface area contributed by atoms with Crippen LogP contribution in [0.15, 0.2) is 42.5 Å². The van der Waals surface area contributed by atoms with Crippen molar-refractivity contribution in [3.63, 3.8) is 0 Å². The lowest BCUT2D eigenvalue weighted by Gasteiger charge is -2.34. The van der Waals surface area contributed by atoms with Crippen molar-refractivity contribution in [3.05, 3.63) is 70.6 Å². The van der Waals surface area contributed by atoms with Crippen LogP contribution in [0.2, 0.25) is 0 Å². The highest BCUT2D eigenvalue weighted by Gasteiger charge is 2.27. The molecule has 0 saturated carbocycles. The lowest BCUT2D eigenvalue weighted by atomic mass is 9.87. The van der Waals surface area contributed by atoms with Gasteiger partial charge in [0.2, 0.25) is 11.8 Å². The van der Waals surface area contributed by atoms with Crippen molar-refractivity contribution >= 4 is 23.2 Å². The van der Waals surface area contributed by atoms with Gasteiger partial charge in [-0.3, -0.25) is 9.59 Å². The molecule has 186 valence electrons. The summed E-state index contributed by atoms with van der Waals surface area (Å²) in [5.41, 5.74) is 4.87. The van der Waals surface area contributed by atoms with Crippen LogP contribution in [0.3, 0.4) is 0 Å². The van der Waals surface area contributed by atoms with Gasteiger partial charge in [0.15, 0.2) is 5.69 Å². The minimum atomic E-state index is -0.108. The molecule has 0 fully saturated rings. The molecule has 0 heterocycles. The van der Waals surface area contributed by atoms with E-state index in [-0.39, 0.29) is 30.9 Å². The van der Waals surface area contributed by atoms with Crippen LogP contribution in [0.5, 0.6) is 0 Å². The van der Waals surface area contributed by atoms with Gasteiger partial charge in [-0.05, 0) is 67.7 Å². The number of carbonyl (C=O) groups excluding carboxylic acids is 2. The number of nitrogens with one attached hydrogen (secondary N) is 1. The number of nitrogens with zero attached hydrogens (tertiary/aromatic N) is 3. The van der Waals surface area contributed by atoms with Gasteiger partial charge in [0, 0.05) is 25.3 Å². The number of likely N-dealkylation sites (N-methyl/N-ethyl adjacent to an activating group) is 1. The number of benzene rings is 2. The summed E-state index contributed by atoms with van der Waals surface area (Å²) in [6.07, 6.45) is 4.74. The maximum Gasteiger partial charge on any atom is 0.242 e. The van der Waals surface area contributed by atoms with E-state index in [1.807, 2.05) is 29.8 Å². The van der Waals surface area contributed by atoms with E-state index in [9.17, 15) is 9.59 Å². The average Bonchev–Trinajstić information content (AvgIpc) is 2.85. The van der Waals surface area contributed by atoms with E-state index in [0.29, 0.717) is 18.2 Å². The number of carbonyl (C=O) groups is 2. The molecular weight excluding hydrogens is 436 g/mol. The summed E-state index contributed by atoms with van der Waals surface area (Å²) in [6, 6.07) is 14.0. The minimum Gasteiger partial charge on any atom is -0.355 e. The molecule has 0 aliphatic heterocycles. The fraction of sp³-hybridized carbons (Fsp3) is 0.483. The lowest BCUT2D eigenvalue weighted by Crippen LogP contribution is -2.47. The standard InChI is InChI=1S/C29H38N4O2/c1-21(2)9-8-16-31-28(34)19-33(27-18-25(30-4)14-12-22(27)3)20-29(35)32(5)26-15-13-23-10-6-7-11-24(23)17-26/h6-7,10-12,14,18,21,26H,8-9,13,15-17,19-20H2,1-3,5H3,(H,31,34). The van der Waals surface area contributed by atoms with Crippen molar-refractivity contribution in [1.82, 2.24) is 10.2 Å². The Balaban J connectivity index is 1.72. The number of amides is 2. The maximum atomic E-state index is 13.4. The summed E-state index contributed by atoms with van der Waals surface area (Å²) in [7, 11) is 1.87. The van der Waals surface area contributed by atoms with Crippen molar-refractivity contribution in [2.45, 2.75) is 58.9 Å². The number of rotatable bonds is 10. The first-order valence-electron chi connectivity index (χ1n) is 12.6. The molecule has 1 unspecified atom stereocenters. The number of aryl methyl sites for hydroxylation is 2. The van der Waals surface area contributed by atoms with Gasteiger partial charge in [-0.2, -0.15) is 0 Å². The second-order valence-electron chi connectivity index (χ2n) is 9.99. The van der Waals surface area contributed by atoms with E-state index in [4.69, 9.17) is 6.57 Å². The Morgan fingerprint density at radius 1 is 1.14 bits per heavy atom. The van der Waals surface area contributed by atoms with E-state index in [0.717, 1.165) is 43.4 Å². The molecular formula is C29H38N4O2. The molecule has 2 aromatic carbocycles. The largest absolute Gasteiger partial charge is 0.355 e. The summed E-state index contributed by atoms with van der Waals surface area (Å²) >= 11 is 0. The van der Waals surface area contributed by atoms with Crippen molar-refractivity contribution in [2.75, 3.05) is 31.6 Å². The molecule has 0 radical (unpaired) electrons. The summed E-state index contributed by atoms with van der Waals surface area (Å²) < 4.78 is 0. The first-order chi connectivity index (χ1) is 16.8. The summed E-state index contributed by atoms with van der Waals surface area (Å²) in [4.78, 5) is 33.4. The van der Waals surface area contributed by atoms with Crippen molar-refractivity contribution < 1.29 is 9.59 Å². The number of anilines is 1. The van der Waals surface area contributed by atoms with Gasteiger partial charge in [0.05, 0.1) is 19.7 Å². The van der Waals surface area contributed by atoms with Gasteiger partial charge in [0.1, 0.15) is 0 Å². The van der Waals surface area contributed by atoms with Crippen LogP contribution in [-0.4, -0.2) is 49.4 Å². The van der Waals surface area contributed by atoms with Crippen molar-refractivity contribution in [3.8, 4) is 0 Å². The SMILES string of the molecule is [C-]#[N+]c1ccc(C)c(N(CC(=O)NCCCC(C)C)CC(=O)N(C)C2CCc3ccccc3C2)c1. The molecule has 2 amide bonds. The topological polar surface area (TPSA) is 57.0 Å². The zero-order valence-corrected chi connectivity index (χ0v) is 21.5. The fourth-order valence-electron chi connectivity index (χ4n) is 4.69. The quantitative estimate of drug-likeness (QED) is 0.393. The monoisotopic (exact) mass is 474 g/mol. The Hall–Kier alpha value is -3.33. The highest BCUT2D eigenvalue weighted by Crippen LogP contribution is 2.27. The van der Waals surface area contributed by atoms with Gasteiger partial charge in [-0.25, -0.2) is 4.85 Å². The smallest absolute Gasteiger partial charge is 0.242 e. The Labute approximate surface area is 210 Å². The minimum absolute atomic E-state index is 0.0189. The first kappa shape index (κ1) is 26.3. The zero-order chi connectivity index (χ0) is 25.4. The molecule has 1 aliphatic carbocycles. The molecule has 0 aromatic heterocycles. The van der Waals surface area contributed by atoms with Gasteiger partial charge in [-0.1, -0.05) is 50.2 Å². The second kappa shape index (κ2) is 12.4. The average molecular weight is 475 g/mol. The van der Waals surface area contributed by atoms with E-state index in [1.165, 1.54) is 11.1 Å². The van der Waals surface area contributed by atoms with Crippen LogP contribution in [-0.2, 0) is 22.4 Å². The molecule has 1 atom stereocenters. The zero-order valence-electron chi connectivity index (χ0n) is 21.5. The molecule has 2 aromatic rings. The van der Waals surface area contributed by atoms with Crippen LogP contribution < -0.4 is 10.2 Å². The van der Waals surface area contributed by atoms with Gasteiger partial charge >= 0.3 is 0 Å². The maximum absolute atomic E-state index is 13.4. The molecule has 1 aliphatic rings. The highest BCUT2D eigenvalue weighted by atomic mass is 16.2. The van der Waals surface area contributed by atoms with Crippen molar-refractivity contribution in [2.24, 2.45) is 5.92 Å². The molecule has 1 N–H and O–H groups in total. The Morgan fingerprint density at radius 2 is 1.89 bits per heavy atom. The summed E-state index contributed by atoms with van der Waals surface area (Å²) in [6.45, 7) is 14.5. The molecule has 0 bridgehead atoms. The van der Waals surface area contributed by atoms with Gasteiger partial charge in [-0.15, -0.1) is 0 Å². The lowest BCUT2D eigenvalue weighted by molar-refractivity contribution is -0.130. The van der Waals surface area contributed by atoms with Crippen LogP contribution in [0.1, 0.15) is 49.8 Å². The van der Waals surface area contributed by atoms with E-state index < -0.39 is 0 Å². The van der Waals surface area contributed by atoms with E-state index in [1.54, 1.807) is 12.1 Å². The van der Waals surface area contributed by atoms with Crippen LogP contribution in [0.4, 0.5) is 11.4 Å². The summed E-state index contributed by atoms with van der Waals surface area (Å²) in [5.74, 6) is 0.473. The third-order valence-corrected chi connectivity index (χ3v) is 6.87. The number of fused-ring (bicyclic) bond motifs is 1. The molecule has 0 saturated heterocycles. The first-order valence-corrected chi connectivity index (χ1v) is 12.6. The van der Waals surface area contributed by atoms with Crippen molar-refractivity contribution in [1.29, 1.82) is 0 Å². The Morgan fingerprint density at radius 3 is 2.60 bits per heavy atom. The molecule has 0 spiro atoms. The predicted octanol–water partition coefficient (Wildman–Crippen LogP) is 4.92. The van der Waals surface area contributed by atoms with E-state index >= 15 is 0 Å². The predicted molar refractivity (Wildman–Crippen MR) is 142 cm³/mol. The molecule has 35 heavy (non-hydrogen) atoms. The molecule has 6 nitrogen and oxygen atoms in total. The third kappa shape index (κ3) is 7.32. The fourth-order valence-corrected chi connectivity index (χ4v) is 4.69. The van der Waals surface area contributed by atoms with Crippen LogP contribution in [0.25, 0.3) is 4.85 Å². The highest BCUT2D eigenvalue weighted by molar-refractivity contribution is 5.87. The normalized spacial score (nSPS) is 14.7. The third-order valence-electron chi connectivity index (χ3n) is 6.87. The van der Waals surface area contributed by atoms with Gasteiger partial charge < -0.3 is 15.1 Å². The van der Waals surface area contributed by atoms with E-state index in [2.05, 4.69) is 48.3 Å². The Bertz CT molecular complexity index is 1070.